The third-order valence-electron chi connectivity index (χ3n) is 10.1. The zero-order chi connectivity index (χ0) is 49.3. The molecule has 0 heterocycles. The summed E-state index contributed by atoms with van der Waals surface area (Å²) in [5.74, 6) is -5.96. The summed E-state index contributed by atoms with van der Waals surface area (Å²) in [7, 11) is 0. The normalized spacial score (nSPS) is 15.1. The maximum atomic E-state index is 14.2. The first kappa shape index (κ1) is 59.3. The Morgan fingerprint density at radius 1 is 0.578 bits per heavy atom. The Morgan fingerprint density at radius 2 is 1.00 bits per heavy atom. The fourth-order valence-corrected chi connectivity index (χ4v) is 7.02. The largest absolute Gasteiger partial charge is 0.480 e. The zero-order valence-electron chi connectivity index (χ0n) is 40.0. The molecule has 7 amide bonds. The van der Waals surface area contributed by atoms with E-state index in [0.717, 1.165) is 0 Å². The minimum Gasteiger partial charge on any atom is -0.480 e. The lowest BCUT2D eigenvalue weighted by atomic mass is 9.95. The minimum atomic E-state index is -1.22. The van der Waals surface area contributed by atoms with Gasteiger partial charge in [-0.15, -0.1) is 0 Å². The average molecular weight is 928 g/mol. The van der Waals surface area contributed by atoms with Gasteiger partial charge in [-0.25, -0.2) is 4.79 Å². The zero-order valence-corrected chi connectivity index (χ0v) is 40.8. The fourth-order valence-electron chi connectivity index (χ4n) is 6.53. The lowest BCUT2D eigenvalue weighted by Crippen LogP contribution is -2.61. The molecule has 20 nitrogen and oxygen atoms in total. The maximum absolute atomic E-state index is 14.2. The van der Waals surface area contributed by atoms with E-state index < -0.39 is 102 Å². The first-order chi connectivity index (χ1) is 29.8. The number of carbonyl (C=O) groups is 8. The highest BCUT2D eigenvalue weighted by atomic mass is 32.2. The molecule has 368 valence electrons. The number of carbonyl (C=O) groups excluding carboxylic acids is 7. The molecule has 21 heteroatoms. The van der Waals surface area contributed by atoms with Crippen molar-refractivity contribution in [2.45, 2.75) is 163 Å². The number of rotatable bonds is 32. The van der Waals surface area contributed by atoms with Crippen LogP contribution in [0.15, 0.2) is 4.99 Å². The number of nitrogens with one attached hydrogen (secondary N) is 7. The summed E-state index contributed by atoms with van der Waals surface area (Å²) in [4.78, 5) is 111. The van der Waals surface area contributed by atoms with Gasteiger partial charge in [-0.3, -0.25) is 38.6 Å². The highest BCUT2D eigenvalue weighted by Crippen LogP contribution is 2.15. The molecule has 0 bridgehead atoms. The van der Waals surface area contributed by atoms with E-state index in [9.17, 15) is 43.5 Å². The molecule has 0 radical (unpaired) electrons. The fraction of sp³-hybridized carbons (Fsp3) is 0.791. The number of aliphatic carboxylic acids is 1. The molecular formula is C43H81N11O9S. The molecule has 0 rings (SSSR count). The van der Waals surface area contributed by atoms with Gasteiger partial charge in [-0.2, -0.15) is 11.8 Å². The summed E-state index contributed by atoms with van der Waals surface area (Å²) in [6.45, 7) is 18.0. The number of nitrogens with zero attached hydrogens (tertiary/aromatic N) is 1. The number of thioether (sulfide) groups is 1. The van der Waals surface area contributed by atoms with E-state index in [4.69, 9.17) is 17.2 Å². The van der Waals surface area contributed by atoms with E-state index >= 15 is 0 Å². The van der Waals surface area contributed by atoms with Gasteiger partial charge in [0.15, 0.2) is 5.96 Å². The van der Waals surface area contributed by atoms with Crippen LogP contribution >= 0.6 is 11.8 Å². The van der Waals surface area contributed by atoms with Gasteiger partial charge >= 0.3 is 5.97 Å². The Hall–Kier alpha value is -4.66. The third kappa shape index (κ3) is 25.0. The Bertz CT molecular complexity index is 1540. The van der Waals surface area contributed by atoms with Crippen LogP contribution in [0.4, 0.5) is 0 Å². The number of hydrogen-bond acceptors (Lipinski definition) is 11. The lowest BCUT2D eigenvalue weighted by Gasteiger charge is -2.30. The molecule has 0 aromatic rings. The number of guanidine groups is 1. The number of nitrogens with two attached hydrogens (primary N) is 3. The summed E-state index contributed by atoms with van der Waals surface area (Å²) in [5, 5.41) is 28.5. The van der Waals surface area contributed by atoms with E-state index in [2.05, 4.69) is 42.2 Å². The van der Waals surface area contributed by atoms with Gasteiger partial charge in [0.25, 0.3) is 0 Å². The molecule has 8 atom stereocenters. The topological polar surface area (TPSA) is 331 Å². The Balaban J connectivity index is 6.49. The second-order valence-corrected chi connectivity index (χ2v) is 19.1. The van der Waals surface area contributed by atoms with Crippen molar-refractivity contribution in [3.63, 3.8) is 0 Å². The molecule has 14 N–H and O–H groups in total. The molecule has 0 fully saturated rings. The number of aliphatic imine (C=N–C) groups is 1. The van der Waals surface area contributed by atoms with Crippen molar-refractivity contribution < 1.29 is 43.5 Å². The lowest BCUT2D eigenvalue weighted by molar-refractivity contribution is -0.143. The predicted molar refractivity (Wildman–Crippen MR) is 250 cm³/mol. The van der Waals surface area contributed by atoms with Crippen LogP contribution in [-0.2, 0) is 38.4 Å². The van der Waals surface area contributed by atoms with Crippen LogP contribution in [0.1, 0.15) is 121 Å². The first-order valence-electron chi connectivity index (χ1n) is 22.4. The molecule has 0 spiro atoms. The number of amides is 7. The highest BCUT2D eigenvalue weighted by Gasteiger charge is 2.35. The molecule has 0 aromatic heterocycles. The van der Waals surface area contributed by atoms with E-state index in [1.807, 2.05) is 68.6 Å². The third-order valence-corrected chi connectivity index (χ3v) is 10.8. The number of carboxylic acids is 1. The Morgan fingerprint density at radius 3 is 1.44 bits per heavy atom. The molecule has 0 aliphatic heterocycles. The van der Waals surface area contributed by atoms with Crippen LogP contribution in [0.5, 0.6) is 0 Å². The van der Waals surface area contributed by atoms with Gasteiger partial charge < -0.3 is 59.5 Å². The summed E-state index contributed by atoms with van der Waals surface area (Å²) in [5.41, 5.74) is 16.9. The standard InChI is InChI=1S/C43H81N11O9S/c1-12-27(10)35(41(61)52-32(20-25(6)7)39(59)51-31(19-24(4)5)40(60)53-33(42(62)63)21-26(8)9)54-37(57)29(14-13-16-47-43(45)46)50-38(58)30(18-23(2)3)49-34(55)22-48-36(56)28(44)15-17-64-11/h23-33,35H,12-22,44H2,1-11H3,(H,48,56)(H,49,55)(H,50,58)(H,51,59)(H,52,61)(H,53,60)(H,54,57)(H,62,63)(H4,45,46,47)/t27-,28-,29-,30-,31-,32-,33-,35-/m0/s1. The van der Waals surface area contributed by atoms with Crippen molar-refractivity contribution in [2.24, 2.45) is 51.8 Å². The smallest absolute Gasteiger partial charge is 0.326 e. The monoisotopic (exact) mass is 928 g/mol. The van der Waals surface area contributed by atoms with Crippen molar-refractivity contribution in [2.75, 3.05) is 25.1 Å². The van der Waals surface area contributed by atoms with E-state index in [1.54, 1.807) is 6.92 Å². The second-order valence-electron chi connectivity index (χ2n) is 18.1. The van der Waals surface area contributed by atoms with Crippen LogP contribution in [-0.4, -0.2) is 126 Å². The average Bonchev–Trinajstić information content (AvgIpc) is 3.19. The Kier molecular flexibility index (Phi) is 29.0. The SMILES string of the molecule is CC[C@H](C)[C@H](NC(=O)[C@H](CCCN=C(N)N)NC(=O)[C@H](CC(C)C)NC(=O)CNC(=O)[C@@H](N)CCSC)C(=O)N[C@@H](CC(C)C)C(=O)N[C@@H](CC(C)C)C(=O)N[C@@H](CC(C)C)C(=O)O. The molecular weight excluding hydrogens is 847 g/mol. The maximum Gasteiger partial charge on any atom is 0.326 e. The van der Waals surface area contributed by atoms with Crippen molar-refractivity contribution >= 4 is 65.0 Å². The molecule has 0 aliphatic carbocycles. The molecule has 0 saturated carbocycles. The molecule has 0 aromatic carbocycles. The summed E-state index contributed by atoms with van der Waals surface area (Å²) in [6, 6.07) is -7.72. The van der Waals surface area contributed by atoms with Crippen molar-refractivity contribution in [1.29, 1.82) is 0 Å². The van der Waals surface area contributed by atoms with Gasteiger partial charge in [-0.1, -0.05) is 75.7 Å². The molecule has 0 aliphatic rings. The van der Waals surface area contributed by atoms with Gasteiger partial charge in [0, 0.05) is 6.54 Å². The summed E-state index contributed by atoms with van der Waals surface area (Å²) in [6.07, 6.45) is 3.75. The van der Waals surface area contributed by atoms with E-state index in [1.165, 1.54) is 11.8 Å². The first-order valence-corrected chi connectivity index (χ1v) is 23.8. The van der Waals surface area contributed by atoms with Gasteiger partial charge in [0.05, 0.1) is 12.6 Å². The van der Waals surface area contributed by atoms with Crippen LogP contribution < -0.4 is 54.4 Å². The number of hydrogen-bond donors (Lipinski definition) is 11. The molecule has 0 saturated heterocycles. The minimum absolute atomic E-state index is 0.0265. The molecule has 64 heavy (non-hydrogen) atoms. The van der Waals surface area contributed by atoms with E-state index in [0.29, 0.717) is 18.6 Å². The van der Waals surface area contributed by atoms with Crippen molar-refractivity contribution in [1.82, 2.24) is 37.2 Å². The molecule has 0 unspecified atom stereocenters. The summed E-state index contributed by atoms with van der Waals surface area (Å²) < 4.78 is 0. The predicted octanol–water partition coefficient (Wildman–Crippen LogP) is 0.460. The van der Waals surface area contributed by atoms with Crippen LogP contribution in [0.3, 0.4) is 0 Å². The van der Waals surface area contributed by atoms with Gasteiger partial charge in [0.1, 0.15) is 36.3 Å². The Labute approximate surface area is 384 Å². The number of carboxylic acid groups (broad SMARTS) is 1. The second kappa shape index (κ2) is 31.3. The van der Waals surface area contributed by atoms with Crippen LogP contribution in [0, 0.1) is 29.6 Å². The summed E-state index contributed by atoms with van der Waals surface area (Å²) >= 11 is 1.53. The van der Waals surface area contributed by atoms with E-state index in [-0.39, 0.29) is 74.7 Å². The van der Waals surface area contributed by atoms with Gasteiger partial charge in [0.2, 0.25) is 41.4 Å². The highest BCUT2D eigenvalue weighted by molar-refractivity contribution is 7.98. The van der Waals surface area contributed by atoms with Crippen molar-refractivity contribution in [3.05, 3.63) is 0 Å². The van der Waals surface area contributed by atoms with Crippen LogP contribution in [0.25, 0.3) is 0 Å². The van der Waals surface area contributed by atoms with Crippen molar-refractivity contribution in [3.8, 4) is 0 Å². The van der Waals surface area contributed by atoms with Crippen LogP contribution in [0.2, 0.25) is 0 Å². The quantitative estimate of drug-likeness (QED) is 0.0249. The van der Waals surface area contributed by atoms with Gasteiger partial charge in [-0.05, 0) is 86.5 Å².